The molecule has 160 valence electrons. The van der Waals surface area contributed by atoms with Crippen LogP contribution in [0.3, 0.4) is 0 Å². The highest BCUT2D eigenvalue weighted by Crippen LogP contribution is 2.32. The Bertz CT molecular complexity index is 1050. The van der Waals surface area contributed by atoms with Crippen molar-refractivity contribution in [3.63, 3.8) is 0 Å². The van der Waals surface area contributed by atoms with Gasteiger partial charge in [0.25, 0.3) is 5.91 Å². The number of carboxylic acid groups (broad SMARTS) is 1. The van der Waals surface area contributed by atoms with E-state index in [4.69, 9.17) is 5.11 Å². The number of thiophene rings is 1. The minimum atomic E-state index is -0.730. The molecule has 1 heterocycles. The highest BCUT2D eigenvalue weighted by molar-refractivity contribution is 9.11. The van der Waals surface area contributed by atoms with Gasteiger partial charge in [0.2, 0.25) is 0 Å². The molecule has 0 radical (unpaired) electrons. The Morgan fingerprint density at radius 1 is 0.968 bits per heavy atom. The van der Waals surface area contributed by atoms with Crippen LogP contribution in [0.5, 0.6) is 0 Å². The number of hydrogen-bond donors (Lipinski definition) is 2. The first-order valence-electron chi connectivity index (χ1n) is 10.4. The third-order valence-electron chi connectivity index (χ3n) is 5.94. The van der Waals surface area contributed by atoms with Crippen molar-refractivity contribution in [2.24, 2.45) is 5.92 Å². The van der Waals surface area contributed by atoms with E-state index in [1.807, 2.05) is 23.6 Å². The summed E-state index contributed by atoms with van der Waals surface area (Å²) < 4.78 is 0.972. The van der Waals surface area contributed by atoms with Gasteiger partial charge < -0.3 is 10.4 Å². The molecule has 1 amide bonds. The van der Waals surface area contributed by atoms with Crippen LogP contribution < -0.4 is 5.32 Å². The molecule has 0 atom stereocenters. The van der Waals surface area contributed by atoms with Gasteiger partial charge in [0.05, 0.1) is 15.3 Å². The summed E-state index contributed by atoms with van der Waals surface area (Å²) in [7, 11) is 0. The van der Waals surface area contributed by atoms with Crippen molar-refractivity contribution in [1.82, 2.24) is 5.32 Å². The fourth-order valence-electron chi connectivity index (χ4n) is 4.11. The summed E-state index contributed by atoms with van der Waals surface area (Å²) in [6.45, 7) is 0. The van der Waals surface area contributed by atoms with Gasteiger partial charge in [-0.25, -0.2) is 0 Å². The Labute approximate surface area is 194 Å². The monoisotopic (exact) mass is 497 g/mol. The molecule has 0 spiro atoms. The van der Waals surface area contributed by atoms with Crippen LogP contribution in [0.2, 0.25) is 0 Å². The van der Waals surface area contributed by atoms with Gasteiger partial charge in [-0.3, -0.25) is 9.59 Å². The Balaban J connectivity index is 1.43. The molecule has 3 aromatic rings. The summed E-state index contributed by atoms with van der Waals surface area (Å²) in [6.07, 6.45) is 3.34. The normalized spacial score (nSPS) is 18.5. The number of halogens is 1. The Kier molecular flexibility index (Phi) is 6.88. The van der Waals surface area contributed by atoms with E-state index in [1.54, 1.807) is 0 Å². The number of amides is 1. The van der Waals surface area contributed by atoms with E-state index >= 15 is 0 Å². The number of hydrogen-bond acceptors (Lipinski definition) is 3. The topological polar surface area (TPSA) is 66.4 Å². The molecule has 0 saturated heterocycles. The Morgan fingerprint density at radius 3 is 2.26 bits per heavy atom. The maximum atomic E-state index is 13.0. The molecule has 4 rings (SSSR count). The molecule has 1 aromatic heterocycles. The highest BCUT2D eigenvalue weighted by atomic mass is 79.9. The first-order valence-corrected chi connectivity index (χ1v) is 12.1. The zero-order chi connectivity index (χ0) is 21.8. The summed E-state index contributed by atoms with van der Waals surface area (Å²) >= 11 is 5.14. The molecule has 2 N–H and O–H groups in total. The number of rotatable bonds is 6. The molecule has 0 aliphatic heterocycles. The standard InChI is InChI=1S/C25H24BrNO3S/c26-23-21(14-16-6-8-18(9-7-16)17-4-2-1-3-5-17)22(15-31-23)24(28)27-20-12-10-19(11-13-20)25(29)30/h1-9,15,19-20H,10-14H2,(H,27,28)(H,29,30). The maximum absolute atomic E-state index is 13.0. The molecule has 31 heavy (non-hydrogen) atoms. The van der Waals surface area contributed by atoms with Crippen LogP contribution in [0.25, 0.3) is 11.1 Å². The van der Waals surface area contributed by atoms with Gasteiger partial charge in [-0.05, 0) is 63.9 Å². The van der Waals surface area contributed by atoms with E-state index in [0.29, 0.717) is 37.7 Å². The van der Waals surface area contributed by atoms with Crippen LogP contribution in [0.1, 0.15) is 47.2 Å². The lowest BCUT2D eigenvalue weighted by Gasteiger charge is -2.26. The van der Waals surface area contributed by atoms with Crippen LogP contribution in [0.4, 0.5) is 0 Å². The molecular weight excluding hydrogens is 474 g/mol. The molecule has 1 aliphatic carbocycles. The van der Waals surface area contributed by atoms with Crippen LogP contribution in [-0.4, -0.2) is 23.0 Å². The summed E-state index contributed by atoms with van der Waals surface area (Å²) in [5.41, 5.74) is 5.19. The molecule has 1 fully saturated rings. The number of carboxylic acids is 1. The fraction of sp³-hybridized carbons (Fsp3) is 0.280. The minimum Gasteiger partial charge on any atom is -0.481 e. The van der Waals surface area contributed by atoms with E-state index in [2.05, 4.69) is 57.6 Å². The molecule has 2 aromatic carbocycles. The van der Waals surface area contributed by atoms with Crippen LogP contribution >= 0.6 is 27.3 Å². The first-order chi connectivity index (χ1) is 15.0. The molecule has 6 heteroatoms. The van der Waals surface area contributed by atoms with E-state index in [0.717, 1.165) is 14.9 Å². The van der Waals surface area contributed by atoms with Gasteiger partial charge in [-0.15, -0.1) is 11.3 Å². The van der Waals surface area contributed by atoms with Gasteiger partial charge in [0.15, 0.2) is 0 Å². The summed E-state index contributed by atoms with van der Waals surface area (Å²) in [5.74, 6) is -1.08. The third-order valence-corrected chi connectivity index (χ3v) is 7.79. The van der Waals surface area contributed by atoms with E-state index < -0.39 is 5.97 Å². The van der Waals surface area contributed by atoms with Crippen molar-refractivity contribution >= 4 is 39.1 Å². The molecular formula is C25H24BrNO3S. The van der Waals surface area contributed by atoms with E-state index in [-0.39, 0.29) is 17.9 Å². The highest BCUT2D eigenvalue weighted by Gasteiger charge is 2.27. The van der Waals surface area contributed by atoms with Crippen LogP contribution in [-0.2, 0) is 11.2 Å². The lowest BCUT2D eigenvalue weighted by atomic mass is 9.86. The third kappa shape index (κ3) is 5.25. The zero-order valence-electron chi connectivity index (χ0n) is 17.0. The predicted molar refractivity (Wildman–Crippen MR) is 128 cm³/mol. The molecule has 0 bridgehead atoms. The number of nitrogens with one attached hydrogen (secondary N) is 1. The first kappa shape index (κ1) is 21.8. The van der Waals surface area contributed by atoms with Crippen LogP contribution in [0.15, 0.2) is 63.8 Å². The average Bonchev–Trinajstić information content (AvgIpc) is 3.15. The second-order valence-corrected chi connectivity index (χ2v) is 10.2. The number of carbonyl (C=O) groups excluding carboxylic acids is 1. The second kappa shape index (κ2) is 9.79. The van der Waals surface area contributed by atoms with E-state index in [9.17, 15) is 9.59 Å². The molecule has 1 aliphatic rings. The molecule has 4 nitrogen and oxygen atoms in total. The Hall–Kier alpha value is -2.44. The summed E-state index contributed by atoms with van der Waals surface area (Å²) in [4.78, 5) is 24.1. The zero-order valence-corrected chi connectivity index (χ0v) is 19.4. The minimum absolute atomic E-state index is 0.0415. The predicted octanol–water partition coefficient (Wildman–Crippen LogP) is 6.14. The van der Waals surface area contributed by atoms with Crippen molar-refractivity contribution in [2.75, 3.05) is 0 Å². The fourth-order valence-corrected chi connectivity index (χ4v) is 5.54. The SMILES string of the molecule is O=C(NC1CCC(C(=O)O)CC1)c1csc(Br)c1Cc1ccc(-c2ccccc2)cc1. The van der Waals surface area contributed by atoms with Crippen molar-refractivity contribution in [3.8, 4) is 11.1 Å². The lowest BCUT2D eigenvalue weighted by Crippen LogP contribution is -2.38. The van der Waals surface area contributed by atoms with Gasteiger partial charge in [0, 0.05) is 17.8 Å². The number of benzene rings is 2. The molecule has 1 saturated carbocycles. The van der Waals surface area contributed by atoms with Crippen molar-refractivity contribution in [2.45, 2.75) is 38.1 Å². The summed E-state index contributed by atoms with van der Waals surface area (Å²) in [6, 6.07) is 18.8. The van der Waals surface area contributed by atoms with Gasteiger partial charge >= 0.3 is 5.97 Å². The second-order valence-electron chi connectivity index (χ2n) is 8.00. The van der Waals surface area contributed by atoms with Crippen LogP contribution in [0, 0.1) is 5.92 Å². The van der Waals surface area contributed by atoms with Crippen molar-refractivity contribution in [1.29, 1.82) is 0 Å². The summed E-state index contributed by atoms with van der Waals surface area (Å²) in [5, 5.41) is 14.2. The van der Waals surface area contributed by atoms with E-state index in [1.165, 1.54) is 22.5 Å². The largest absolute Gasteiger partial charge is 0.481 e. The van der Waals surface area contributed by atoms with Gasteiger partial charge in [0.1, 0.15) is 0 Å². The molecule has 0 unspecified atom stereocenters. The van der Waals surface area contributed by atoms with Crippen molar-refractivity contribution < 1.29 is 14.7 Å². The van der Waals surface area contributed by atoms with Crippen molar-refractivity contribution in [3.05, 3.63) is 80.5 Å². The number of aliphatic carboxylic acids is 1. The van der Waals surface area contributed by atoms with Gasteiger partial charge in [-0.1, -0.05) is 54.6 Å². The average molecular weight is 498 g/mol. The quantitative estimate of drug-likeness (QED) is 0.429. The smallest absolute Gasteiger partial charge is 0.306 e. The number of carbonyl (C=O) groups is 2. The Morgan fingerprint density at radius 2 is 1.61 bits per heavy atom. The lowest BCUT2D eigenvalue weighted by molar-refractivity contribution is -0.142. The van der Waals surface area contributed by atoms with Gasteiger partial charge in [-0.2, -0.15) is 0 Å². The maximum Gasteiger partial charge on any atom is 0.306 e.